The van der Waals surface area contributed by atoms with Crippen molar-refractivity contribution in [2.75, 3.05) is 7.11 Å². The monoisotopic (exact) mass is 274 g/mol. The summed E-state index contributed by atoms with van der Waals surface area (Å²) >= 11 is 0. The minimum atomic E-state index is -1.02. The Balaban J connectivity index is 4.19. The zero-order valence-electron chi connectivity index (χ0n) is 11.7. The predicted octanol–water partition coefficient (Wildman–Crippen LogP) is 1.56. The first-order valence-electron chi connectivity index (χ1n) is 6.31. The lowest BCUT2D eigenvalue weighted by molar-refractivity contribution is -0.162. The van der Waals surface area contributed by atoms with E-state index < -0.39 is 24.1 Å². The van der Waals surface area contributed by atoms with Gasteiger partial charge in [-0.2, -0.15) is 0 Å². The molecule has 0 aliphatic heterocycles. The van der Waals surface area contributed by atoms with Crippen LogP contribution in [0, 0.1) is 0 Å². The minimum absolute atomic E-state index is 0.0970. The number of ether oxygens (including phenoxy) is 2. The fourth-order valence-corrected chi connectivity index (χ4v) is 1.50. The standard InChI is InChI=1S/C13H22O6/c1-9(14)6-4-5-7-11(8-12(15)16)19-13(17)10(2)18-3/h10-11H,4-8H2,1-3H3,(H,15,16). The molecule has 2 atom stereocenters. The average Bonchev–Trinajstić information content (AvgIpc) is 2.32. The van der Waals surface area contributed by atoms with Gasteiger partial charge < -0.3 is 19.4 Å². The highest BCUT2D eigenvalue weighted by Gasteiger charge is 2.21. The molecular weight excluding hydrogens is 252 g/mol. The first-order chi connectivity index (χ1) is 8.86. The van der Waals surface area contributed by atoms with Crippen LogP contribution in [0.25, 0.3) is 0 Å². The Morgan fingerprint density at radius 3 is 2.32 bits per heavy atom. The Labute approximate surface area is 113 Å². The molecule has 0 spiro atoms. The fourth-order valence-electron chi connectivity index (χ4n) is 1.50. The molecule has 0 amide bonds. The summed E-state index contributed by atoms with van der Waals surface area (Å²) in [6.07, 6.45) is 0.587. The van der Waals surface area contributed by atoms with E-state index in [9.17, 15) is 14.4 Å². The number of hydrogen-bond donors (Lipinski definition) is 1. The topological polar surface area (TPSA) is 89.9 Å². The zero-order valence-corrected chi connectivity index (χ0v) is 11.7. The number of rotatable bonds is 10. The molecule has 0 aromatic rings. The Kier molecular flexibility index (Phi) is 8.78. The predicted molar refractivity (Wildman–Crippen MR) is 67.8 cm³/mol. The highest BCUT2D eigenvalue weighted by molar-refractivity contribution is 5.75. The SMILES string of the molecule is COC(C)C(=O)OC(CCCCC(C)=O)CC(=O)O. The maximum absolute atomic E-state index is 11.5. The summed E-state index contributed by atoms with van der Waals surface area (Å²) in [5.74, 6) is -1.49. The Morgan fingerprint density at radius 1 is 1.21 bits per heavy atom. The Hall–Kier alpha value is -1.43. The normalized spacial score (nSPS) is 13.6. The van der Waals surface area contributed by atoms with Gasteiger partial charge in [0.1, 0.15) is 11.9 Å². The molecule has 6 heteroatoms. The molecule has 0 aromatic carbocycles. The third-order valence-corrected chi connectivity index (χ3v) is 2.68. The summed E-state index contributed by atoms with van der Waals surface area (Å²) < 4.78 is 9.90. The van der Waals surface area contributed by atoms with E-state index in [-0.39, 0.29) is 12.2 Å². The molecule has 0 saturated heterocycles. The molecule has 0 aromatic heterocycles. The van der Waals surface area contributed by atoms with Gasteiger partial charge in [0.15, 0.2) is 6.10 Å². The zero-order chi connectivity index (χ0) is 14.8. The number of carboxylic acids is 1. The molecule has 6 nitrogen and oxygen atoms in total. The van der Waals surface area contributed by atoms with E-state index in [0.717, 1.165) is 0 Å². The number of carbonyl (C=O) groups is 3. The molecule has 2 unspecified atom stereocenters. The second kappa shape index (κ2) is 9.49. The molecule has 19 heavy (non-hydrogen) atoms. The molecule has 0 bridgehead atoms. The average molecular weight is 274 g/mol. The molecule has 0 aliphatic carbocycles. The number of unbranched alkanes of at least 4 members (excludes halogenated alkanes) is 1. The summed E-state index contributed by atoms with van der Waals surface area (Å²) in [7, 11) is 1.38. The quantitative estimate of drug-likeness (QED) is 0.480. The molecule has 0 rings (SSSR count). The van der Waals surface area contributed by atoms with Crippen LogP contribution >= 0.6 is 0 Å². The molecule has 0 fully saturated rings. The third-order valence-electron chi connectivity index (χ3n) is 2.68. The molecule has 0 aliphatic rings. The van der Waals surface area contributed by atoms with Crippen LogP contribution in [0.2, 0.25) is 0 Å². The first-order valence-corrected chi connectivity index (χ1v) is 6.31. The van der Waals surface area contributed by atoms with E-state index in [1.807, 2.05) is 0 Å². The van der Waals surface area contributed by atoms with Crippen molar-refractivity contribution in [3.8, 4) is 0 Å². The van der Waals surface area contributed by atoms with Gasteiger partial charge in [-0.15, -0.1) is 0 Å². The van der Waals surface area contributed by atoms with Crippen LogP contribution in [0.15, 0.2) is 0 Å². The van der Waals surface area contributed by atoms with E-state index in [4.69, 9.17) is 14.6 Å². The molecule has 1 N–H and O–H groups in total. The summed E-state index contributed by atoms with van der Waals surface area (Å²) in [6, 6.07) is 0. The summed E-state index contributed by atoms with van der Waals surface area (Å²) in [5, 5.41) is 8.76. The van der Waals surface area contributed by atoms with Crippen molar-refractivity contribution in [1.29, 1.82) is 0 Å². The first kappa shape index (κ1) is 17.6. The number of aliphatic carboxylic acids is 1. The molecule has 0 saturated carbocycles. The number of methoxy groups -OCH3 is 1. The van der Waals surface area contributed by atoms with Crippen molar-refractivity contribution in [2.24, 2.45) is 0 Å². The van der Waals surface area contributed by atoms with Crippen molar-refractivity contribution >= 4 is 17.7 Å². The number of ketones is 1. The maximum atomic E-state index is 11.5. The molecular formula is C13H22O6. The lowest BCUT2D eigenvalue weighted by Crippen LogP contribution is -2.29. The van der Waals surface area contributed by atoms with Crippen LogP contribution in [0.1, 0.15) is 46.0 Å². The van der Waals surface area contributed by atoms with Crippen LogP contribution in [0.3, 0.4) is 0 Å². The highest BCUT2D eigenvalue weighted by atomic mass is 16.6. The minimum Gasteiger partial charge on any atom is -0.481 e. The number of carbonyl (C=O) groups excluding carboxylic acids is 2. The molecule has 0 heterocycles. The summed E-state index contributed by atoms with van der Waals surface area (Å²) in [6.45, 7) is 3.05. The summed E-state index contributed by atoms with van der Waals surface area (Å²) in [5.41, 5.74) is 0. The third kappa shape index (κ3) is 9.18. The van der Waals surface area contributed by atoms with E-state index in [0.29, 0.717) is 25.7 Å². The summed E-state index contributed by atoms with van der Waals surface area (Å²) in [4.78, 5) is 33.0. The van der Waals surface area contributed by atoms with Gasteiger partial charge in [0, 0.05) is 13.5 Å². The van der Waals surface area contributed by atoms with Crippen LogP contribution in [-0.2, 0) is 23.9 Å². The lowest BCUT2D eigenvalue weighted by Gasteiger charge is -2.18. The van der Waals surface area contributed by atoms with Crippen LogP contribution in [-0.4, -0.2) is 42.1 Å². The largest absolute Gasteiger partial charge is 0.481 e. The number of hydrogen-bond acceptors (Lipinski definition) is 5. The van der Waals surface area contributed by atoms with Gasteiger partial charge >= 0.3 is 11.9 Å². The Morgan fingerprint density at radius 2 is 1.84 bits per heavy atom. The van der Waals surface area contributed by atoms with E-state index in [1.165, 1.54) is 21.0 Å². The van der Waals surface area contributed by atoms with Crippen LogP contribution < -0.4 is 0 Å². The van der Waals surface area contributed by atoms with E-state index in [2.05, 4.69) is 0 Å². The van der Waals surface area contributed by atoms with Gasteiger partial charge in [0.2, 0.25) is 0 Å². The van der Waals surface area contributed by atoms with Crippen molar-refractivity contribution in [1.82, 2.24) is 0 Å². The number of Topliss-reactive ketones (excluding diaryl/α,β-unsaturated/α-hetero) is 1. The van der Waals surface area contributed by atoms with Crippen molar-refractivity contribution in [2.45, 2.75) is 58.2 Å². The molecule has 110 valence electrons. The highest BCUT2D eigenvalue weighted by Crippen LogP contribution is 2.12. The van der Waals surface area contributed by atoms with E-state index in [1.54, 1.807) is 0 Å². The fraction of sp³-hybridized carbons (Fsp3) is 0.769. The van der Waals surface area contributed by atoms with Gasteiger partial charge in [-0.05, 0) is 33.1 Å². The smallest absolute Gasteiger partial charge is 0.335 e. The lowest BCUT2D eigenvalue weighted by atomic mass is 10.1. The van der Waals surface area contributed by atoms with Crippen LogP contribution in [0.5, 0.6) is 0 Å². The maximum Gasteiger partial charge on any atom is 0.335 e. The molecule has 0 radical (unpaired) electrons. The van der Waals surface area contributed by atoms with Gasteiger partial charge in [0.25, 0.3) is 0 Å². The second-order valence-electron chi connectivity index (χ2n) is 4.48. The number of carboxylic acid groups (broad SMARTS) is 1. The van der Waals surface area contributed by atoms with Crippen LogP contribution in [0.4, 0.5) is 0 Å². The number of esters is 1. The van der Waals surface area contributed by atoms with Crippen molar-refractivity contribution in [3.05, 3.63) is 0 Å². The van der Waals surface area contributed by atoms with Gasteiger partial charge in [-0.25, -0.2) is 4.79 Å². The second-order valence-corrected chi connectivity index (χ2v) is 4.48. The van der Waals surface area contributed by atoms with E-state index >= 15 is 0 Å². The van der Waals surface area contributed by atoms with Gasteiger partial charge in [-0.3, -0.25) is 4.79 Å². The van der Waals surface area contributed by atoms with Crippen molar-refractivity contribution < 1.29 is 29.0 Å². The van der Waals surface area contributed by atoms with Crippen molar-refractivity contribution in [3.63, 3.8) is 0 Å². The van der Waals surface area contributed by atoms with Gasteiger partial charge in [0.05, 0.1) is 6.42 Å². The van der Waals surface area contributed by atoms with Gasteiger partial charge in [-0.1, -0.05) is 0 Å². The Bertz CT molecular complexity index is 312.